The molecule has 0 aliphatic rings. The zero-order valence-electron chi connectivity index (χ0n) is 20.1. The van der Waals surface area contributed by atoms with E-state index in [0.717, 1.165) is 16.8 Å². The van der Waals surface area contributed by atoms with E-state index in [4.69, 9.17) is 4.98 Å². The number of nitrogens with zero attached hydrogens (tertiary/aromatic N) is 1. The van der Waals surface area contributed by atoms with Gasteiger partial charge in [0.25, 0.3) is 0 Å². The highest BCUT2D eigenvalue weighted by Crippen LogP contribution is 2.29. The van der Waals surface area contributed by atoms with E-state index in [-0.39, 0.29) is 10.8 Å². The van der Waals surface area contributed by atoms with Crippen LogP contribution in [0, 0.1) is 0 Å². The van der Waals surface area contributed by atoms with Crippen LogP contribution in [0.15, 0.2) is 91.1 Å². The second-order valence-corrected chi connectivity index (χ2v) is 10.7. The van der Waals surface area contributed by atoms with Crippen LogP contribution in [-0.4, -0.2) is 4.98 Å². The Balaban J connectivity index is 1.51. The molecule has 1 heteroatoms. The van der Waals surface area contributed by atoms with Gasteiger partial charge in [-0.3, -0.25) is 4.98 Å². The van der Waals surface area contributed by atoms with E-state index in [1.54, 1.807) is 0 Å². The SMILES string of the molecule is CC(C)(C)c1ccc(-c2ccc(-c3ccc(-c4ccc(C(C)(C)C)cc4)nc3)cc2)cc1. The van der Waals surface area contributed by atoms with Crippen molar-refractivity contribution in [3.63, 3.8) is 0 Å². The Labute approximate surface area is 193 Å². The molecule has 0 amide bonds. The molecule has 1 aromatic heterocycles. The van der Waals surface area contributed by atoms with Crippen molar-refractivity contribution in [2.24, 2.45) is 0 Å². The Kier molecular flexibility index (Phi) is 5.77. The van der Waals surface area contributed by atoms with Crippen LogP contribution in [-0.2, 0) is 10.8 Å². The van der Waals surface area contributed by atoms with Crippen LogP contribution < -0.4 is 0 Å². The molecule has 0 bridgehead atoms. The van der Waals surface area contributed by atoms with Crippen molar-refractivity contribution in [2.75, 3.05) is 0 Å². The van der Waals surface area contributed by atoms with E-state index in [1.807, 2.05) is 6.20 Å². The standard InChI is InChI=1S/C31H33N/c1-30(2,3)27-16-11-23(12-17-27)22-7-9-24(10-8-22)26-15-20-29(32-21-26)25-13-18-28(19-14-25)31(4,5)6/h7-21H,1-6H3. The summed E-state index contributed by atoms with van der Waals surface area (Å²) in [6, 6.07) is 30.7. The molecule has 0 aliphatic heterocycles. The maximum Gasteiger partial charge on any atom is 0.0702 e. The van der Waals surface area contributed by atoms with Crippen LogP contribution in [0.3, 0.4) is 0 Å². The molecule has 32 heavy (non-hydrogen) atoms. The Morgan fingerprint density at radius 1 is 0.406 bits per heavy atom. The van der Waals surface area contributed by atoms with Crippen molar-refractivity contribution in [3.05, 3.63) is 102 Å². The smallest absolute Gasteiger partial charge is 0.0702 e. The fraction of sp³-hybridized carbons (Fsp3) is 0.258. The summed E-state index contributed by atoms with van der Waals surface area (Å²) >= 11 is 0. The van der Waals surface area contributed by atoms with Gasteiger partial charge in [0, 0.05) is 17.3 Å². The lowest BCUT2D eigenvalue weighted by Crippen LogP contribution is -2.10. The van der Waals surface area contributed by atoms with Crippen molar-refractivity contribution in [1.82, 2.24) is 4.98 Å². The predicted molar refractivity (Wildman–Crippen MR) is 138 cm³/mol. The first-order valence-electron chi connectivity index (χ1n) is 11.4. The van der Waals surface area contributed by atoms with Gasteiger partial charge < -0.3 is 0 Å². The lowest BCUT2D eigenvalue weighted by atomic mass is 9.86. The third kappa shape index (κ3) is 4.83. The molecule has 0 unspecified atom stereocenters. The number of pyridine rings is 1. The third-order valence-corrected chi connectivity index (χ3v) is 6.11. The summed E-state index contributed by atoms with van der Waals surface area (Å²) in [7, 11) is 0. The van der Waals surface area contributed by atoms with E-state index in [2.05, 4.69) is 126 Å². The topological polar surface area (TPSA) is 12.9 Å². The van der Waals surface area contributed by atoms with Gasteiger partial charge >= 0.3 is 0 Å². The van der Waals surface area contributed by atoms with Gasteiger partial charge in [-0.25, -0.2) is 0 Å². The maximum absolute atomic E-state index is 4.73. The first-order valence-corrected chi connectivity index (χ1v) is 11.4. The van der Waals surface area contributed by atoms with Gasteiger partial charge in [-0.15, -0.1) is 0 Å². The van der Waals surface area contributed by atoms with Gasteiger partial charge in [0.05, 0.1) is 5.69 Å². The average molecular weight is 420 g/mol. The monoisotopic (exact) mass is 419 g/mol. The molecule has 0 atom stereocenters. The molecular formula is C31H33N. The lowest BCUT2D eigenvalue weighted by Gasteiger charge is -2.19. The van der Waals surface area contributed by atoms with Crippen LogP contribution in [0.25, 0.3) is 33.5 Å². The fourth-order valence-electron chi connectivity index (χ4n) is 3.89. The minimum Gasteiger partial charge on any atom is -0.256 e. The number of aromatic nitrogens is 1. The highest BCUT2D eigenvalue weighted by atomic mass is 14.7. The Hall–Kier alpha value is -3.19. The second-order valence-electron chi connectivity index (χ2n) is 10.7. The molecule has 162 valence electrons. The van der Waals surface area contributed by atoms with Gasteiger partial charge in [-0.1, -0.05) is 120 Å². The second kappa shape index (κ2) is 8.39. The molecule has 0 aliphatic carbocycles. The fourth-order valence-corrected chi connectivity index (χ4v) is 3.89. The molecule has 0 saturated heterocycles. The highest BCUT2D eigenvalue weighted by Gasteiger charge is 2.14. The van der Waals surface area contributed by atoms with Crippen LogP contribution >= 0.6 is 0 Å². The van der Waals surface area contributed by atoms with E-state index in [0.29, 0.717) is 0 Å². The van der Waals surface area contributed by atoms with Crippen LogP contribution in [0.4, 0.5) is 0 Å². The molecule has 1 heterocycles. The summed E-state index contributed by atoms with van der Waals surface area (Å²) in [5.74, 6) is 0. The van der Waals surface area contributed by atoms with Gasteiger partial charge in [0.2, 0.25) is 0 Å². The summed E-state index contributed by atoms with van der Waals surface area (Å²) in [6.45, 7) is 13.5. The summed E-state index contributed by atoms with van der Waals surface area (Å²) in [5, 5.41) is 0. The summed E-state index contributed by atoms with van der Waals surface area (Å²) in [5.41, 5.74) is 9.99. The van der Waals surface area contributed by atoms with Gasteiger partial charge in [0.1, 0.15) is 0 Å². The van der Waals surface area contributed by atoms with E-state index < -0.39 is 0 Å². The third-order valence-electron chi connectivity index (χ3n) is 6.11. The van der Waals surface area contributed by atoms with E-state index >= 15 is 0 Å². The van der Waals surface area contributed by atoms with Crippen molar-refractivity contribution in [3.8, 4) is 33.5 Å². The van der Waals surface area contributed by atoms with Crippen molar-refractivity contribution >= 4 is 0 Å². The van der Waals surface area contributed by atoms with Gasteiger partial charge in [-0.05, 0) is 44.7 Å². The molecule has 0 saturated carbocycles. The van der Waals surface area contributed by atoms with E-state index in [1.165, 1.54) is 27.8 Å². The molecule has 4 rings (SSSR count). The predicted octanol–water partition coefficient (Wildman–Crippen LogP) is 8.68. The molecule has 4 aromatic rings. The average Bonchev–Trinajstić information content (AvgIpc) is 2.78. The zero-order valence-corrected chi connectivity index (χ0v) is 20.1. The summed E-state index contributed by atoms with van der Waals surface area (Å²) in [4.78, 5) is 4.73. The first-order chi connectivity index (χ1) is 15.1. The number of benzene rings is 3. The Morgan fingerprint density at radius 2 is 0.750 bits per heavy atom. The molecule has 1 nitrogen and oxygen atoms in total. The normalized spacial score (nSPS) is 12.1. The summed E-state index contributed by atoms with van der Waals surface area (Å²) < 4.78 is 0. The first kappa shape index (κ1) is 22.0. The van der Waals surface area contributed by atoms with E-state index in [9.17, 15) is 0 Å². The van der Waals surface area contributed by atoms with Gasteiger partial charge in [-0.2, -0.15) is 0 Å². The molecule has 3 aromatic carbocycles. The lowest BCUT2D eigenvalue weighted by molar-refractivity contribution is 0.590. The van der Waals surface area contributed by atoms with Crippen molar-refractivity contribution in [1.29, 1.82) is 0 Å². The molecule has 0 fully saturated rings. The van der Waals surface area contributed by atoms with Crippen molar-refractivity contribution < 1.29 is 0 Å². The van der Waals surface area contributed by atoms with Crippen LogP contribution in [0.1, 0.15) is 52.7 Å². The molecular weight excluding hydrogens is 386 g/mol. The summed E-state index contributed by atoms with van der Waals surface area (Å²) in [6.07, 6.45) is 1.97. The van der Waals surface area contributed by atoms with Crippen LogP contribution in [0.2, 0.25) is 0 Å². The number of hydrogen-bond donors (Lipinski definition) is 0. The molecule has 0 N–H and O–H groups in total. The zero-order chi connectivity index (χ0) is 22.9. The highest BCUT2D eigenvalue weighted by molar-refractivity contribution is 5.71. The van der Waals surface area contributed by atoms with Gasteiger partial charge in [0.15, 0.2) is 0 Å². The quantitative estimate of drug-likeness (QED) is 0.324. The largest absolute Gasteiger partial charge is 0.256 e. The molecule has 0 spiro atoms. The number of hydrogen-bond acceptors (Lipinski definition) is 1. The maximum atomic E-state index is 4.73. The number of rotatable bonds is 3. The Bertz CT molecular complexity index is 1070. The minimum atomic E-state index is 0.163. The minimum absolute atomic E-state index is 0.163. The van der Waals surface area contributed by atoms with Crippen LogP contribution in [0.5, 0.6) is 0 Å². The van der Waals surface area contributed by atoms with Crippen molar-refractivity contribution in [2.45, 2.75) is 52.4 Å². The Morgan fingerprint density at radius 3 is 1.12 bits per heavy atom. The molecule has 0 radical (unpaired) electrons.